The average molecular weight is 496 g/mol. The topological polar surface area (TPSA) is 115 Å². The zero-order valence-corrected chi connectivity index (χ0v) is 21.9. The van der Waals surface area contributed by atoms with Crippen LogP contribution in [0, 0.1) is 0 Å². The molecule has 2 rings (SSSR count). The highest BCUT2D eigenvalue weighted by atomic mass is 16.2. The van der Waals surface area contributed by atoms with Crippen LogP contribution < -0.4 is 21.7 Å². The van der Waals surface area contributed by atoms with Gasteiger partial charge >= 0.3 is 0 Å². The van der Waals surface area contributed by atoms with Crippen LogP contribution in [0.5, 0.6) is 0 Å². The Balaban J connectivity index is 1.80. The lowest BCUT2D eigenvalue weighted by Gasteiger charge is -2.17. The molecule has 0 heterocycles. The van der Waals surface area contributed by atoms with Crippen LogP contribution in [0.4, 0.5) is 0 Å². The number of amides is 3. The van der Waals surface area contributed by atoms with Crippen molar-refractivity contribution in [1.29, 1.82) is 0 Å². The Morgan fingerprint density at radius 3 is 2.14 bits per heavy atom. The van der Waals surface area contributed by atoms with Crippen LogP contribution in [0.1, 0.15) is 74.2 Å². The van der Waals surface area contributed by atoms with Gasteiger partial charge in [-0.1, -0.05) is 62.6 Å². The van der Waals surface area contributed by atoms with Gasteiger partial charge in [0.05, 0.1) is 6.54 Å². The Kier molecular flexibility index (Phi) is 13.3. The first-order valence-electron chi connectivity index (χ1n) is 13.3. The Hall–Kier alpha value is -3.19. The number of carbonyl (C=O) groups excluding carboxylic acids is 3. The molecule has 1 unspecified atom stereocenters. The van der Waals surface area contributed by atoms with E-state index < -0.39 is 6.04 Å². The molecular formula is C29H43N4O3+. The predicted octanol–water partition coefficient (Wildman–Crippen LogP) is 3.24. The van der Waals surface area contributed by atoms with E-state index in [2.05, 4.69) is 52.9 Å². The summed E-state index contributed by atoms with van der Waals surface area (Å²) in [5, 5.41) is 8.17. The first-order valence-corrected chi connectivity index (χ1v) is 13.3. The predicted molar refractivity (Wildman–Crippen MR) is 144 cm³/mol. The van der Waals surface area contributed by atoms with Crippen LogP contribution in [-0.2, 0) is 16.0 Å². The maximum absolute atomic E-state index is 12.5. The summed E-state index contributed by atoms with van der Waals surface area (Å²) >= 11 is 0. The van der Waals surface area contributed by atoms with Crippen molar-refractivity contribution in [3.63, 3.8) is 0 Å². The summed E-state index contributed by atoms with van der Waals surface area (Å²) in [7, 11) is 1.56. The molecule has 0 fully saturated rings. The molecule has 0 aliphatic heterocycles. The van der Waals surface area contributed by atoms with Crippen molar-refractivity contribution in [2.75, 3.05) is 20.1 Å². The van der Waals surface area contributed by atoms with Crippen LogP contribution in [0.15, 0.2) is 48.5 Å². The van der Waals surface area contributed by atoms with E-state index >= 15 is 0 Å². The summed E-state index contributed by atoms with van der Waals surface area (Å²) in [6.07, 6.45) is 8.33. The number of hydrogen-bond acceptors (Lipinski definition) is 3. The van der Waals surface area contributed by atoms with E-state index in [0.29, 0.717) is 12.0 Å². The summed E-state index contributed by atoms with van der Waals surface area (Å²) in [4.78, 5) is 36.9. The largest absolute Gasteiger partial charge is 0.358 e. The molecule has 6 N–H and O–H groups in total. The van der Waals surface area contributed by atoms with Gasteiger partial charge in [0, 0.05) is 25.6 Å². The Morgan fingerprint density at radius 1 is 0.861 bits per heavy atom. The fourth-order valence-corrected chi connectivity index (χ4v) is 4.06. The van der Waals surface area contributed by atoms with E-state index in [1.807, 2.05) is 12.1 Å². The van der Waals surface area contributed by atoms with Gasteiger partial charge in [-0.25, -0.2) is 0 Å². The molecule has 2 aromatic carbocycles. The second-order valence-corrected chi connectivity index (χ2v) is 9.17. The molecule has 0 saturated heterocycles. The van der Waals surface area contributed by atoms with E-state index in [9.17, 15) is 14.4 Å². The second-order valence-electron chi connectivity index (χ2n) is 9.17. The maximum Gasteiger partial charge on any atom is 0.251 e. The van der Waals surface area contributed by atoms with Crippen molar-refractivity contribution in [3.8, 4) is 11.1 Å². The normalized spacial score (nSPS) is 11.5. The number of unbranched alkanes of at least 4 members (excludes halogenated alkanes) is 4. The molecule has 7 nitrogen and oxygen atoms in total. The molecule has 0 aliphatic carbocycles. The van der Waals surface area contributed by atoms with Crippen molar-refractivity contribution in [1.82, 2.24) is 16.0 Å². The van der Waals surface area contributed by atoms with Crippen molar-refractivity contribution >= 4 is 17.7 Å². The van der Waals surface area contributed by atoms with Gasteiger partial charge in [-0.3, -0.25) is 14.4 Å². The highest BCUT2D eigenvalue weighted by molar-refractivity contribution is 5.95. The van der Waals surface area contributed by atoms with E-state index in [1.165, 1.54) is 24.8 Å². The van der Waals surface area contributed by atoms with Crippen LogP contribution in [0.25, 0.3) is 11.1 Å². The van der Waals surface area contributed by atoms with Crippen molar-refractivity contribution in [3.05, 3.63) is 59.7 Å². The van der Waals surface area contributed by atoms with E-state index in [1.54, 1.807) is 19.2 Å². The summed E-state index contributed by atoms with van der Waals surface area (Å²) in [5.74, 6) is -0.681. The van der Waals surface area contributed by atoms with Crippen molar-refractivity contribution in [2.45, 2.75) is 70.8 Å². The number of likely N-dealkylation sites (N-methyl/N-ethyl adjacent to an activating group) is 1. The van der Waals surface area contributed by atoms with Crippen LogP contribution in [0.3, 0.4) is 0 Å². The fraction of sp³-hybridized carbons (Fsp3) is 0.483. The minimum absolute atomic E-state index is 0.112. The molecule has 36 heavy (non-hydrogen) atoms. The number of carbonyl (C=O) groups is 3. The third kappa shape index (κ3) is 10.2. The minimum atomic E-state index is -0.555. The molecule has 3 amide bonds. The van der Waals surface area contributed by atoms with Gasteiger partial charge < -0.3 is 21.7 Å². The van der Waals surface area contributed by atoms with Crippen molar-refractivity contribution in [2.24, 2.45) is 0 Å². The zero-order chi connectivity index (χ0) is 26.2. The highest BCUT2D eigenvalue weighted by Crippen LogP contribution is 2.21. The summed E-state index contributed by atoms with van der Waals surface area (Å²) < 4.78 is 0. The molecule has 0 radical (unpaired) electrons. The van der Waals surface area contributed by atoms with Gasteiger partial charge in [0.1, 0.15) is 6.04 Å². The molecule has 0 saturated carbocycles. The smallest absolute Gasteiger partial charge is 0.251 e. The second kappa shape index (κ2) is 16.5. The SMILES string of the molecule is CCCCCc1ccc(-c2ccc(C(=O)NCCC(=O)NC(CCCCC[NH3+])C(=O)NC)cc2)cc1. The number of benzene rings is 2. The van der Waals surface area contributed by atoms with E-state index in [-0.39, 0.29) is 30.7 Å². The standard InChI is InChI=1S/C29H42N4O3/c1-3-4-6-9-22-11-13-23(14-12-22)24-15-17-25(18-16-24)28(35)32-21-19-27(34)33-26(29(36)31-2)10-7-5-8-20-30/h11-18,26H,3-10,19-21,30H2,1-2H3,(H,31,36)(H,32,35)(H,33,34)/p+1. The minimum Gasteiger partial charge on any atom is -0.358 e. The van der Waals surface area contributed by atoms with E-state index in [0.717, 1.165) is 43.4 Å². The average Bonchev–Trinajstić information content (AvgIpc) is 2.90. The fourth-order valence-electron chi connectivity index (χ4n) is 4.06. The Morgan fingerprint density at radius 2 is 1.53 bits per heavy atom. The molecule has 2 aromatic rings. The number of hydrogen-bond donors (Lipinski definition) is 4. The number of quaternary nitrogens is 1. The molecular weight excluding hydrogens is 452 g/mol. The van der Waals surface area contributed by atoms with E-state index in [4.69, 9.17) is 0 Å². The lowest BCUT2D eigenvalue weighted by Crippen LogP contribution is -2.50. The van der Waals surface area contributed by atoms with Crippen LogP contribution in [-0.4, -0.2) is 43.9 Å². The van der Waals surface area contributed by atoms with Gasteiger partial charge in [0.15, 0.2) is 0 Å². The molecule has 0 bridgehead atoms. The van der Waals surface area contributed by atoms with Crippen LogP contribution in [0.2, 0.25) is 0 Å². The van der Waals surface area contributed by atoms with Crippen LogP contribution >= 0.6 is 0 Å². The van der Waals surface area contributed by atoms with Gasteiger partial charge in [0.2, 0.25) is 11.8 Å². The van der Waals surface area contributed by atoms with Gasteiger partial charge in [-0.2, -0.15) is 0 Å². The van der Waals surface area contributed by atoms with Gasteiger partial charge in [0.25, 0.3) is 5.91 Å². The molecule has 0 aromatic heterocycles. The first-order chi connectivity index (χ1) is 17.5. The highest BCUT2D eigenvalue weighted by Gasteiger charge is 2.19. The molecule has 0 spiro atoms. The monoisotopic (exact) mass is 495 g/mol. The quantitative estimate of drug-likeness (QED) is 0.268. The number of nitrogens with one attached hydrogen (secondary N) is 3. The lowest BCUT2D eigenvalue weighted by molar-refractivity contribution is -0.368. The van der Waals surface area contributed by atoms with Gasteiger partial charge in [-0.15, -0.1) is 0 Å². The zero-order valence-electron chi connectivity index (χ0n) is 21.9. The Bertz CT molecular complexity index is 942. The number of rotatable bonds is 16. The molecule has 1 atom stereocenters. The molecule has 7 heteroatoms. The molecule has 0 aliphatic rings. The third-order valence-corrected chi connectivity index (χ3v) is 6.28. The molecule has 196 valence electrons. The maximum atomic E-state index is 12.5. The first kappa shape index (κ1) is 29.0. The van der Waals surface area contributed by atoms with Gasteiger partial charge in [-0.05, 0) is 60.9 Å². The summed E-state index contributed by atoms with van der Waals surface area (Å²) in [6.45, 7) is 3.28. The lowest BCUT2D eigenvalue weighted by atomic mass is 10.0. The number of aryl methyl sites for hydroxylation is 1. The Labute approximate surface area is 215 Å². The third-order valence-electron chi connectivity index (χ3n) is 6.28. The summed E-state index contributed by atoms with van der Waals surface area (Å²) in [6, 6.07) is 15.5. The van der Waals surface area contributed by atoms with Crippen molar-refractivity contribution < 1.29 is 20.1 Å². The summed E-state index contributed by atoms with van der Waals surface area (Å²) in [5.41, 5.74) is 7.89.